The number of rotatable bonds is 2. The van der Waals surface area contributed by atoms with Crippen molar-refractivity contribution in [2.24, 2.45) is 5.10 Å². The van der Waals surface area contributed by atoms with Crippen LogP contribution in [0.3, 0.4) is 0 Å². The molecule has 0 bridgehead atoms. The van der Waals surface area contributed by atoms with E-state index in [1.54, 1.807) is 6.07 Å². The first-order valence-electron chi connectivity index (χ1n) is 9.23. The molecule has 3 nitrogen and oxygen atoms in total. The highest BCUT2D eigenvalue weighted by atomic mass is 35.5. The molecule has 0 saturated heterocycles. The molecule has 0 aromatic heterocycles. The summed E-state index contributed by atoms with van der Waals surface area (Å²) >= 11 is 12.6. The number of ether oxygens (including phenoxy) is 1. The molecule has 0 aliphatic carbocycles. The van der Waals surface area contributed by atoms with Crippen molar-refractivity contribution in [1.29, 1.82) is 0 Å². The van der Waals surface area contributed by atoms with E-state index in [2.05, 4.69) is 37.3 Å². The first-order valence-corrected chi connectivity index (χ1v) is 9.99. The third-order valence-electron chi connectivity index (χ3n) is 5.31. The second-order valence-corrected chi connectivity index (χ2v) is 8.03. The Morgan fingerprint density at radius 1 is 0.964 bits per heavy atom. The second kappa shape index (κ2) is 6.84. The summed E-state index contributed by atoms with van der Waals surface area (Å²) < 4.78 is 6.35. The van der Waals surface area contributed by atoms with Gasteiger partial charge in [-0.05, 0) is 30.7 Å². The molecule has 5 rings (SSSR count). The lowest BCUT2D eigenvalue weighted by atomic mass is 9.95. The Labute approximate surface area is 174 Å². The maximum absolute atomic E-state index is 6.51. The molecule has 28 heavy (non-hydrogen) atoms. The Kier molecular flexibility index (Phi) is 4.30. The first kappa shape index (κ1) is 17.6. The van der Waals surface area contributed by atoms with Crippen molar-refractivity contribution < 1.29 is 4.74 Å². The Morgan fingerprint density at radius 3 is 2.54 bits per heavy atom. The lowest BCUT2D eigenvalue weighted by Gasteiger charge is -2.38. The average Bonchev–Trinajstić information content (AvgIpc) is 3.14. The van der Waals surface area contributed by atoms with E-state index >= 15 is 0 Å². The van der Waals surface area contributed by atoms with Crippen LogP contribution in [0.2, 0.25) is 10.0 Å². The number of aryl methyl sites for hydroxylation is 1. The van der Waals surface area contributed by atoms with E-state index in [1.807, 2.05) is 35.3 Å². The van der Waals surface area contributed by atoms with Gasteiger partial charge in [-0.2, -0.15) is 5.10 Å². The molecule has 2 aliphatic heterocycles. The fraction of sp³-hybridized carbons (Fsp3) is 0.174. The lowest BCUT2D eigenvalue weighted by molar-refractivity contribution is -0.0189. The van der Waals surface area contributed by atoms with Gasteiger partial charge in [0.15, 0.2) is 0 Å². The number of para-hydroxylation sites is 1. The lowest BCUT2D eigenvalue weighted by Crippen LogP contribution is -2.33. The number of nitrogens with zero attached hydrogens (tertiary/aromatic N) is 2. The van der Waals surface area contributed by atoms with Crippen molar-refractivity contribution in [1.82, 2.24) is 5.01 Å². The van der Waals surface area contributed by atoms with E-state index in [1.165, 1.54) is 5.56 Å². The maximum Gasteiger partial charge on any atom is 0.215 e. The molecule has 2 atom stereocenters. The molecule has 0 spiro atoms. The van der Waals surface area contributed by atoms with E-state index in [4.69, 9.17) is 33.0 Å². The molecule has 140 valence electrons. The topological polar surface area (TPSA) is 24.8 Å². The number of hydrazone groups is 1. The minimum atomic E-state index is -0.396. The van der Waals surface area contributed by atoms with Crippen LogP contribution in [0.25, 0.3) is 0 Å². The molecule has 2 heterocycles. The molecule has 0 unspecified atom stereocenters. The van der Waals surface area contributed by atoms with E-state index in [-0.39, 0.29) is 6.04 Å². The Hall–Kier alpha value is -2.49. The smallest absolute Gasteiger partial charge is 0.215 e. The molecule has 0 radical (unpaired) electrons. The molecule has 0 saturated carbocycles. The van der Waals surface area contributed by atoms with Gasteiger partial charge in [-0.1, -0.05) is 77.3 Å². The van der Waals surface area contributed by atoms with Gasteiger partial charge < -0.3 is 4.74 Å². The van der Waals surface area contributed by atoms with E-state index in [0.717, 1.165) is 34.6 Å². The molecular formula is C23H18Cl2N2O. The van der Waals surface area contributed by atoms with Crippen LogP contribution in [-0.2, 0) is 0 Å². The van der Waals surface area contributed by atoms with Crippen molar-refractivity contribution in [3.8, 4) is 5.75 Å². The molecular weight excluding hydrogens is 391 g/mol. The Bertz CT molecular complexity index is 1080. The summed E-state index contributed by atoms with van der Waals surface area (Å²) in [7, 11) is 0. The largest absolute Gasteiger partial charge is 0.464 e. The third kappa shape index (κ3) is 2.95. The van der Waals surface area contributed by atoms with E-state index < -0.39 is 6.23 Å². The predicted octanol–water partition coefficient (Wildman–Crippen LogP) is 6.54. The number of fused-ring (bicyclic) bond motifs is 3. The zero-order valence-corrected chi connectivity index (χ0v) is 16.8. The normalized spacial score (nSPS) is 20.2. The standard InChI is InChI=1S/C23H18Cl2N2O/c1-14-6-8-15(9-7-14)20-13-21-18-4-2-3-5-22(18)28-23(27(21)26-20)17-11-10-16(24)12-19(17)25/h2-12,21,23H,13H2,1H3/t21-,23+/m1/s1. The summed E-state index contributed by atoms with van der Waals surface area (Å²) in [6, 6.07) is 22.3. The van der Waals surface area contributed by atoms with Gasteiger partial charge in [0.25, 0.3) is 0 Å². The van der Waals surface area contributed by atoms with Crippen molar-refractivity contribution >= 4 is 28.9 Å². The van der Waals surface area contributed by atoms with Gasteiger partial charge >= 0.3 is 0 Å². The van der Waals surface area contributed by atoms with E-state index in [0.29, 0.717) is 10.0 Å². The SMILES string of the molecule is Cc1ccc(C2=NN3[C@H](C2)c2ccccc2O[C@H]3c2ccc(Cl)cc2Cl)cc1. The fourth-order valence-corrected chi connectivity index (χ4v) is 4.36. The molecule has 3 aromatic rings. The highest BCUT2D eigenvalue weighted by Gasteiger charge is 2.41. The summed E-state index contributed by atoms with van der Waals surface area (Å²) in [6.07, 6.45) is 0.429. The fourth-order valence-electron chi connectivity index (χ4n) is 3.86. The summed E-state index contributed by atoms with van der Waals surface area (Å²) in [4.78, 5) is 0. The minimum Gasteiger partial charge on any atom is -0.464 e. The van der Waals surface area contributed by atoms with Gasteiger partial charge in [-0.3, -0.25) is 0 Å². The number of halogens is 2. The van der Waals surface area contributed by atoms with Crippen LogP contribution in [0.1, 0.15) is 40.9 Å². The highest BCUT2D eigenvalue weighted by Crippen LogP contribution is 2.48. The quantitative estimate of drug-likeness (QED) is 0.480. The van der Waals surface area contributed by atoms with Gasteiger partial charge in [0, 0.05) is 22.6 Å². The monoisotopic (exact) mass is 408 g/mol. The molecule has 0 N–H and O–H groups in total. The van der Waals surface area contributed by atoms with Crippen LogP contribution in [0.15, 0.2) is 71.8 Å². The Balaban J connectivity index is 1.61. The van der Waals surface area contributed by atoms with Crippen LogP contribution in [0.5, 0.6) is 5.75 Å². The van der Waals surface area contributed by atoms with Crippen molar-refractivity contribution in [3.63, 3.8) is 0 Å². The molecule has 5 heteroatoms. The van der Waals surface area contributed by atoms with Crippen LogP contribution < -0.4 is 4.74 Å². The zero-order valence-electron chi connectivity index (χ0n) is 15.3. The summed E-state index contributed by atoms with van der Waals surface area (Å²) in [6.45, 7) is 2.09. The van der Waals surface area contributed by atoms with Crippen molar-refractivity contribution in [2.75, 3.05) is 0 Å². The summed E-state index contributed by atoms with van der Waals surface area (Å²) in [5.74, 6) is 0.875. The molecule has 2 aliphatic rings. The summed E-state index contributed by atoms with van der Waals surface area (Å²) in [5, 5.41) is 8.18. The van der Waals surface area contributed by atoms with Gasteiger partial charge in [0.05, 0.1) is 16.8 Å². The maximum atomic E-state index is 6.51. The van der Waals surface area contributed by atoms with Crippen molar-refractivity contribution in [2.45, 2.75) is 25.6 Å². The van der Waals surface area contributed by atoms with Crippen LogP contribution in [0.4, 0.5) is 0 Å². The van der Waals surface area contributed by atoms with Gasteiger partial charge in [0.2, 0.25) is 6.23 Å². The molecule has 3 aromatic carbocycles. The number of hydrogen-bond donors (Lipinski definition) is 0. The highest BCUT2D eigenvalue weighted by molar-refractivity contribution is 6.35. The van der Waals surface area contributed by atoms with E-state index in [9.17, 15) is 0 Å². The minimum absolute atomic E-state index is 0.109. The number of hydrogen-bond acceptors (Lipinski definition) is 3. The molecule has 0 fully saturated rings. The molecule has 0 amide bonds. The summed E-state index contributed by atoms with van der Waals surface area (Å²) in [5.41, 5.74) is 5.44. The second-order valence-electron chi connectivity index (χ2n) is 7.19. The van der Waals surface area contributed by atoms with Gasteiger partial charge in [-0.25, -0.2) is 5.01 Å². The van der Waals surface area contributed by atoms with Crippen LogP contribution >= 0.6 is 23.2 Å². The first-order chi connectivity index (χ1) is 13.6. The van der Waals surface area contributed by atoms with Crippen molar-refractivity contribution in [3.05, 3.63) is 99.0 Å². The average molecular weight is 409 g/mol. The Morgan fingerprint density at radius 2 is 1.75 bits per heavy atom. The van der Waals surface area contributed by atoms with Crippen LogP contribution in [0, 0.1) is 6.92 Å². The van der Waals surface area contributed by atoms with Gasteiger partial charge in [-0.15, -0.1) is 0 Å². The van der Waals surface area contributed by atoms with Crippen LogP contribution in [-0.4, -0.2) is 10.7 Å². The third-order valence-corrected chi connectivity index (χ3v) is 5.87. The predicted molar refractivity (Wildman–Crippen MR) is 113 cm³/mol. The number of benzene rings is 3. The zero-order chi connectivity index (χ0) is 19.3. The van der Waals surface area contributed by atoms with Gasteiger partial charge in [0.1, 0.15) is 5.75 Å².